The number of carbonyl (C=O) groups is 1. The Balaban J connectivity index is 1.87. The van der Waals surface area contributed by atoms with E-state index in [0.717, 1.165) is 17.8 Å². The molecule has 3 rings (SSSR count). The van der Waals surface area contributed by atoms with Gasteiger partial charge in [-0.15, -0.1) is 0 Å². The molecule has 1 aromatic carbocycles. The third-order valence-corrected chi connectivity index (χ3v) is 3.55. The van der Waals surface area contributed by atoms with Crippen LogP contribution in [0.5, 0.6) is 0 Å². The molecule has 1 N–H and O–H groups in total. The van der Waals surface area contributed by atoms with Crippen LogP contribution in [0.2, 0.25) is 0 Å². The molecular weight excluding hydrogens is 250 g/mol. The number of nitrogens with one attached hydrogen (secondary N) is 1. The van der Waals surface area contributed by atoms with Gasteiger partial charge in [0.25, 0.3) is 0 Å². The van der Waals surface area contributed by atoms with Crippen molar-refractivity contribution in [2.75, 3.05) is 5.32 Å². The van der Waals surface area contributed by atoms with E-state index in [9.17, 15) is 4.79 Å². The molecule has 0 unspecified atom stereocenters. The van der Waals surface area contributed by atoms with Gasteiger partial charge in [0.2, 0.25) is 5.95 Å². The number of aromatic nitrogens is 2. The molecule has 20 heavy (non-hydrogen) atoms. The van der Waals surface area contributed by atoms with E-state index in [2.05, 4.69) is 22.2 Å². The number of hydrogen-bond donors (Lipinski definition) is 1. The maximum atomic E-state index is 11.9. The first-order chi connectivity index (χ1) is 9.61. The van der Waals surface area contributed by atoms with Crippen LogP contribution in [0.1, 0.15) is 35.0 Å². The zero-order chi connectivity index (χ0) is 14.1. The molecule has 0 saturated carbocycles. The quantitative estimate of drug-likeness (QED) is 0.907. The lowest BCUT2D eigenvalue weighted by atomic mass is 9.88. The fourth-order valence-corrected chi connectivity index (χ4v) is 2.46. The second-order valence-electron chi connectivity index (χ2n) is 5.48. The lowest BCUT2D eigenvalue weighted by Gasteiger charge is -2.19. The molecule has 0 bridgehead atoms. The monoisotopic (exact) mass is 267 g/mol. The summed E-state index contributed by atoms with van der Waals surface area (Å²) in [6.45, 7) is 4.13. The van der Waals surface area contributed by atoms with Gasteiger partial charge in [0.05, 0.1) is 11.3 Å². The highest BCUT2D eigenvalue weighted by atomic mass is 16.1. The molecule has 1 aliphatic carbocycles. The fourth-order valence-electron chi connectivity index (χ4n) is 2.46. The van der Waals surface area contributed by atoms with E-state index < -0.39 is 0 Å². The summed E-state index contributed by atoms with van der Waals surface area (Å²) >= 11 is 0. The Labute approximate surface area is 118 Å². The summed E-state index contributed by atoms with van der Waals surface area (Å²) in [5, 5.41) is 3.18. The number of Topliss-reactive ketones (excluding diaryl/α,β-unsaturated/α-hetero) is 1. The second kappa shape index (κ2) is 5.04. The molecule has 0 fully saturated rings. The topological polar surface area (TPSA) is 54.9 Å². The van der Waals surface area contributed by atoms with Gasteiger partial charge in [0.15, 0.2) is 5.78 Å². The molecule has 102 valence electrons. The van der Waals surface area contributed by atoms with Gasteiger partial charge in [-0.05, 0) is 31.4 Å². The molecule has 0 saturated heterocycles. The second-order valence-corrected chi connectivity index (χ2v) is 5.48. The normalized spacial score (nSPS) is 17.7. The van der Waals surface area contributed by atoms with Crippen LogP contribution in [0, 0.1) is 12.8 Å². The molecule has 1 aliphatic rings. The fraction of sp³-hybridized carbons (Fsp3) is 0.312. The first-order valence-electron chi connectivity index (χ1n) is 6.84. The van der Waals surface area contributed by atoms with Gasteiger partial charge < -0.3 is 5.32 Å². The van der Waals surface area contributed by atoms with Crippen molar-refractivity contribution in [3.8, 4) is 0 Å². The van der Waals surface area contributed by atoms with E-state index in [0.29, 0.717) is 23.9 Å². The maximum absolute atomic E-state index is 11.9. The summed E-state index contributed by atoms with van der Waals surface area (Å²) in [5.74, 6) is 1.06. The van der Waals surface area contributed by atoms with Crippen LogP contribution in [0.25, 0.3) is 0 Å². The van der Waals surface area contributed by atoms with E-state index in [-0.39, 0.29) is 5.78 Å². The number of aryl methyl sites for hydroxylation is 1. The van der Waals surface area contributed by atoms with Gasteiger partial charge in [-0.3, -0.25) is 4.79 Å². The van der Waals surface area contributed by atoms with E-state index in [4.69, 9.17) is 0 Å². The minimum Gasteiger partial charge on any atom is -0.324 e. The molecule has 1 atom stereocenters. The van der Waals surface area contributed by atoms with Gasteiger partial charge in [-0.1, -0.05) is 24.6 Å². The van der Waals surface area contributed by atoms with E-state index in [1.807, 2.05) is 31.2 Å². The number of carbonyl (C=O) groups excluding carboxylic acids is 1. The summed E-state index contributed by atoms with van der Waals surface area (Å²) in [6, 6.07) is 8.05. The summed E-state index contributed by atoms with van der Waals surface area (Å²) in [4.78, 5) is 20.6. The smallest absolute Gasteiger partial charge is 0.227 e. The third kappa shape index (κ3) is 2.54. The van der Waals surface area contributed by atoms with Crippen LogP contribution in [0.4, 0.5) is 11.6 Å². The highest BCUT2D eigenvalue weighted by Crippen LogP contribution is 2.24. The van der Waals surface area contributed by atoms with Crippen LogP contribution >= 0.6 is 0 Å². The van der Waals surface area contributed by atoms with E-state index in [1.165, 1.54) is 5.56 Å². The molecule has 0 amide bonds. The molecule has 4 nitrogen and oxygen atoms in total. The van der Waals surface area contributed by atoms with Crippen molar-refractivity contribution in [1.82, 2.24) is 9.97 Å². The van der Waals surface area contributed by atoms with Crippen molar-refractivity contribution in [2.24, 2.45) is 5.92 Å². The van der Waals surface area contributed by atoms with Crippen molar-refractivity contribution in [3.05, 3.63) is 47.3 Å². The van der Waals surface area contributed by atoms with Crippen molar-refractivity contribution in [3.63, 3.8) is 0 Å². The number of benzene rings is 1. The van der Waals surface area contributed by atoms with E-state index in [1.54, 1.807) is 6.20 Å². The van der Waals surface area contributed by atoms with Gasteiger partial charge >= 0.3 is 0 Å². The summed E-state index contributed by atoms with van der Waals surface area (Å²) in [6.07, 6.45) is 3.08. The van der Waals surface area contributed by atoms with Crippen molar-refractivity contribution in [2.45, 2.75) is 26.7 Å². The number of rotatable bonds is 2. The Morgan fingerprint density at radius 2 is 1.95 bits per heavy atom. The van der Waals surface area contributed by atoms with Gasteiger partial charge in [-0.25, -0.2) is 9.97 Å². The summed E-state index contributed by atoms with van der Waals surface area (Å²) < 4.78 is 0. The first kappa shape index (κ1) is 12.8. The molecule has 0 spiro atoms. The Morgan fingerprint density at radius 3 is 2.70 bits per heavy atom. The summed E-state index contributed by atoms with van der Waals surface area (Å²) in [5.41, 5.74) is 3.70. The average molecular weight is 267 g/mol. The third-order valence-electron chi connectivity index (χ3n) is 3.55. The zero-order valence-corrected chi connectivity index (χ0v) is 11.7. The molecular formula is C16H17N3O. The molecule has 1 heterocycles. The molecule has 2 aromatic rings. The Bertz CT molecular complexity index is 649. The zero-order valence-electron chi connectivity index (χ0n) is 11.7. The minimum atomic E-state index is 0.153. The lowest BCUT2D eigenvalue weighted by molar-refractivity contribution is 0.0951. The standard InChI is InChI=1S/C16H17N3O/c1-10-3-5-12(6-4-10)18-16-17-9-13-14(19-16)7-11(2)8-15(13)20/h3-6,9,11H,7-8H2,1-2H3,(H,17,18,19)/t11-/m0/s1. The van der Waals surface area contributed by atoms with Crippen LogP contribution in [0.15, 0.2) is 30.5 Å². The highest BCUT2D eigenvalue weighted by Gasteiger charge is 2.24. The maximum Gasteiger partial charge on any atom is 0.227 e. The van der Waals surface area contributed by atoms with Crippen LogP contribution in [-0.2, 0) is 6.42 Å². The van der Waals surface area contributed by atoms with Gasteiger partial charge in [0.1, 0.15) is 0 Å². The largest absolute Gasteiger partial charge is 0.324 e. The van der Waals surface area contributed by atoms with Crippen molar-refractivity contribution < 1.29 is 4.79 Å². The van der Waals surface area contributed by atoms with Crippen molar-refractivity contribution in [1.29, 1.82) is 0 Å². The first-order valence-corrected chi connectivity index (χ1v) is 6.84. The van der Waals surface area contributed by atoms with Crippen LogP contribution in [0.3, 0.4) is 0 Å². The predicted molar refractivity (Wildman–Crippen MR) is 78.3 cm³/mol. The van der Waals surface area contributed by atoms with E-state index >= 15 is 0 Å². The van der Waals surface area contributed by atoms with Crippen LogP contribution < -0.4 is 5.32 Å². The van der Waals surface area contributed by atoms with Gasteiger partial charge in [0, 0.05) is 18.3 Å². The Kier molecular flexibility index (Phi) is 3.22. The van der Waals surface area contributed by atoms with Crippen molar-refractivity contribution >= 4 is 17.4 Å². The molecule has 4 heteroatoms. The minimum absolute atomic E-state index is 0.153. The summed E-state index contributed by atoms with van der Waals surface area (Å²) in [7, 11) is 0. The molecule has 0 aliphatic heterocycles. The number of hydrogen-bond acceptors (Lipinski definition) is 4. The SMILES string of the molecule is Cc1ccc(Nc2ncc3c(n2)C[C@H](C)CC3=O)cc1. The predicted octanol–water partition coefficient (Wildman–Crippen LogP) is 3.29. The number of anilines is 2. The molecule has 1 aromatic heterocycles. The highest BCUT2D eigenvalue weighted by molar-refractivity contribution is 5.98. The Hall–Kier alpha value is -2.23. The van der Waals surface area contributed by atoms with Gasteiger partial charge in [-0.2, -0.15) is 0 Å². The number of ketones is 1. The molecule has 0 radical (unpaired) electrons. The average Bonchev–Trinajstić information content (AvgIpc) is 2.41. The lowest BCUT2D eigenvalue weighted by Crippen LogP contribution is -2.20. The number of fused-ring (bicyclic) bond motifs is 1. The number of nitrogens with zero attached hydrogens (tertiary/aromatic N) is 2. The Morgan fingerprint density at radius 1 is 1.20 bits per heavy atom. The van der Waals surface area contributed by atoms with Crippen LogP contribution in [-0.4, -0.2) is 15.8 Å².